The molecule has 2 fully saturated rings. The van der Waals surface area contributed by atoms with E-state index in [-0.39, 0.29) is 17.1 Å². The first-order valence-corrected chi connectivity index (χ1v) is 8.42. The Bertz CT molecular complexity index is 806. The molecule has 1 amide bonds. The summed E-state index contributed by atoms with van der Waals surface area (Å²) < 4.78 is 41.8. The number of nitrogens with one attached hydrogen (secondary N) is 2. The highest BCUT2D eigenvalue weighted by molar-refractivity contribution is 5.96. The van der Waals surface area contributed by atoms with Gasteiger partial charge in [-0.1, -0.05) is 11.6 Å². The zero-order valence-corrected chi connectivity index (χ0v) is 13.8. The van der Waals surface area contributed by atoms with Crippen LogP contribution in [0.2, 0.25) is 0 Å². The fourth-order valence-corrected chi connectivity index (χ4v) is 3.94. The molecule has 1 aliphatic carbocycles. The summed E-state index contributed by atoms with van der Waals surface area (Å²) in [5, 5.41) is 9.58. The highest BCUT2D eigenvalue weighted by atomic mass is 19.4. The highest BCUT2D eigenvalue weighted by Gasteiger charge is 2.51. The van der Waals surface area contributed by atoms with Gasteiger partial charge >= 0.3 is 12.1 Å². The van der Waals surface area contributed by atoms with E-state index in [1.54, 1.807) is 24.3 Å². The van der Waals surface area contributed by atoms with E-state index >= 15 is 0 Å². The molecule has 9 heteroatoms. The van der Waals surface area contributed by atoms with E-state index in [9.17, 15) is 18.0 Å². The van der Waals surface area contributed by atoms with Crippen molar-refractivity contribution in [1.82, 2.24) is 15.5 Å². The molecule has 0 radical (unpaired) electrons. The first-order valence-electron chi connectivity index (χ1n) is 8.42. The van der Waals surface area contributed by atoms with Gasteiger partial charge in [-0.15, -0.1) is 0 Å². The SMILES string of the molecule is O=C(Nc1ccc(-c2noc(C(F)(F)F)n2)cc1)C12CCCC1CNC2. The summed E-state index contributed by atoms with van der Waals surface area (Å²) in [6, 6.07) is 6.36. The zero-order chi connectivity index (χ0) is 18.4. The molecule has 2 aromatic rings. The fraction of sp³-hybridized carbons (Fsp3) is 0.471. The van der Waals surface area contributed by atoms with Crippen LogP contribution in [0.1, 0.15) is 25.2 Å². The minimum Gasteiger partial charge on any atom is -0.329 e. The lowest BCUT2D eigenvalue weighted by atomic mass is 9.80. The second-order valence-corrected chi connectivity index (χ2v) is 6.83. The summed E-state index contributed by atoms with van der Waals surface area (Å²) in [5.74, 6) is -1.17. The van der Waals surface area contributed by atoms with Crippen molar-refractivity contribution < 1.29 is 22.5 Å². The van der Waals surface area contributed by atoms with Crippen LogP contribution in [0.3, 0.4) is 0 Å². The lowest BCUT2D eigenvalue weighted by molar-refractivity contribution is -0.159. The van der Waals surface area contributed by atoms with Crippen LogP contribution in [0, 0.1) is 11.3 Å². The molecule has 2 heterocycles. The summed E-state index contributed by atoms with van der Waals surface area (Å²) in [6.45, 7) is 1.55. The molecular formula is C17H17F3N4O2. The third-order valence-electron chi connectivity index (χ3n) is 5.31. The molecule has 6 nitrogen and oxygen atoms in total. The van der Waals surface area contributed by atoms with Crippen molar-refractivity contribution >= 4 is 11.6 Å². The fourth-order valence-electron chi connectivity index (χ4n) is 3.94. The number of rotatable bonds is 3. The van der Waals surface area contributed by atoms with Gasteiger partial charge in [0.05, 0.1) is 5.41 Å². The van der Waals surface area contributed by atoms with Gasteiger partial charge in [-0.25, -0.2) is 0 Å². The van der Waals surface area contributed by atoms with Gasteiger partial charge in [0, 0.05) is 17.8 Å². The van der Waals surface area contributed by atoms with Crippen molar-refractivity contribution in [3.05, 3.63) is 30.2 Å². The van der Waals surface area contributed by atoms with E-state index in [1.807, 2.05) is 0 Å². The van der Waals surface area contributed by atoms with E-state index in [1.165, 1.54) is 0 Å². The molecule has 2 N–H and O–H groups in total. The minimum atomic E-state index is -4.67. The maximum Gasteiger partial charge on any atom is 0.471 e. The zero-order valence-electron chi connectivity index (χ0n) is 13.8. The standard InChI is InChI=1S/C17H17F3N4O2/c18-17(19,20)15-23-13(24-26-15)10-3-5-12(6-4-10)22-14(25)16-7-1-2-11(16)8-21-9-16/h3-6,11,21H,1-2,7-9H2,(H,22,25). The van der Waals surface area contributed by atoms with Gasteiger partial charge in [-0.05, 0) is 49.6 Å². The molecule has 2 aliphatic rings. The number of fused-ring (bicyclic) bond motifs is 1. The topological polar surface area (TPSA) is 80.1 Å². The summed E-state index contributed by atoms with van der Waals surface area (Å²) in [5.41, 5.74) is 0.612. The van der Waals surface area contributed by atoms with Crippen LogP contribution in [0.5, 0.6) is 0 Å². The van der Waals surface area contributed by atoms with Gasteiger partial charge in [0.2, 0.25) is 11.7 Å². The third kappa shape index (κ3) is 2.86. The molecule has 0 spiro atoms. The molecule has 138 valence electrons. The summed E-state index contributed by atoms with van der Waals surface area (Å²) in [7, 11) is 0. The number of amides is 1. The number of anilines is 1. The highest BCUT2D eigenvalue weighted by Crippen LogP contribution is 2.46. The van der Waals surface area contributed by atoms with E-state index in [0.29, 0.717) is 23.7 Å². The Kier molecular flexibility index (Phi) is 3.98. The van der Waals surface area contributed by atoms with Crippen molar-refractivity contribution in [2.75, 3.05) is 18.4 Å². The molecule has 2 unspecified atom stereocenters. The van der Waals surface area contributed by atoms with Crippen LogP contribution < -0.4 is 10.6 Å². The minimum absolute atomic E-state index is 0.00308. The smallest absolute Gasteiger partial charge is 0.329 e. The van der Waals surface area contributed by atoms with Crippen LogP contribution >= 0.6 is 0 Å². The van der Waals surface area contributed by atoms with Crippen molar-refractivity contribution in [3.63, 3.8) is 0 Å². The number of nitrogens with zero attached hydrogens (tertiary/aromatic N) is 2. The molecular weight excluding hydrogens is 349 g/mol. The monoisotopic (exact) mass is 366 g/mol. The van der Waals surface area contributed by atoms with Gasteiger partial charge < -0.3 is 15.2 Å². The lowest BCUT2D eigenvalue weighted by Crippen LogP contribution is -2.39. The Morgan fingerprint density at radius 1 is 1.31 bits per heavy atom. The Labute approximate surface area is 147 Å². The Morgan fingerprint density at radius 2 is 2.08 bits per heavy atom. The largest absolute Gasteiger partial charge is 0.471 e. The maximum absolute atomic E-state index is 12.8. The quantitative estimate of drug-likeness (QED) is 0.873. The van der Waals surface area contributed by atoms with Crippen LogP contribution in [0.15, 0.2) is 28.8 Å². The lowest BCUT2D eigenvalue weighted by Gasteiger charge is -2.26. The Morgan fingerprint density at radius 3 is 2.77 bits per heavy atom. The number of alkyl halides is 3. The van der Waals surface area contributed by atoms with Crippen LogP contribution in [-0.4, -0.2) is 29.1 Å². The first-order chi connectivity index (χ1) is 12.4. The van der Waals surface area contributed by atoms with E-state index in [2.05, 4.69) is 25.3 Å². The van der Waals surface area contributed by atoms with Crippen LogP contribution in [0.25, 0.3) is 11.4 Å². The summed E-state index contributed by atoms with van der Waals surface area (Å²) >= 11 is 0. The molecule has 1 saturated heterocycles. The molecule has 1 saturated carbocycles. The maximum atomic E-state index is 12.8. The first kappa shape index (κ1) is 17.0. The van der Waals surface area contributed by atoms with Crippen molar-refractivity contribution in [1.29, 1.82) is 0 Å². The molecule has 0 bridgehead atoms. The van der Waals surface area contributed by atoms with Crippen molar-refractivity contribution in [2.24, 2.45) is 11.3 Å². The van der Waals surface area contributed by atoms with Crippen molar-refractivity contribution in [3.8, 4) is 11.4 Å². The number of hydrogen-bond donors (Lipinski definition) is 2. The van der Waals surface area contributed by atoms with Gasteiger partial charge in [0.1, 0.15) is 0 Å². The normalized spacial score (nSPS) is 25.3. The molecule has 4 rings (SSSR count). The molecule has 1 aromatic carbocycles. The second kappa shape index (κ2) is 6.08. The third-order valence-corrected chi connectivity index (χ3v) is 5.31. The Balaban J connectivity index is 1.48. The number of carbonyl (C=O) groups excluding carboxylic acids is 1. The van der Waals surface area contributed by atoms with Gasteiger partial charge in [0.25, 0.3) is 0 Å². The summed E-state index contributed by atoms with van der Waals surface area (Å²) in [6.07, 6.45) is -1.69. The molecule has 1 aliphatic heterocycles. The van der Waals surface area contributed by atoms with Gasteiger partial charge in [-0.2, -0.15) is 18.2 Å². The van der Waals surface area contributed by atoms with E-state index in [4.69, 9.17) is 0 Å². The van der Waals surface area contributed by atoms with E-state index < -0.39 is 12.1 Å². The number of halogens is 3. The van der Waals surface area contributed by atoms with Crippen LogP contribution in [0.4, 0.5) is 18.9 Å². The van der Waals surface area contributed by atoms with Crippen molar-refractivity contribution in [2.45, 2.75) is 25.4 Å². The molecule has 1 aromatic heterocycles. The Hall–Kier alpha value is -2.42. The van der Waals surface area contributed by atoms with E-state index in [0.717, 1.165) is 25.8 Å². The summed E-state index contributed by atoms with van der Waals surface area (Å²) in [4.78, 5) is 16.1. The predicted molar refractivity (Wildman–Crippen MR) is 86.0 cm³/mol. The van der Waals surface area contributed by atoms with Crippen LogP contribution in [-0.2, 0) is 11.0 Å². The molecule has 26 heavy (non-hydrogen) atoms. The number of aromatic nitrogens is 2. The predicted octanol–water partition coefficient (Wildman–Crippen LogP) is 3.08. The van der Waals surface area contributed by atoms with Gasteiger partial charge in [-0.3, -0.25) is 4.79 Å². The molecule has 2 atom stereocenters. The average molecular weight is 366 g/mol. The average Bonchev–Trinajstić information content (AvgIpc) is 3.30. The number of hydrogen-bond acceptors (Lipinski definition) is 5. The number of benzene rings is 1. The second-order valence-electron chi connectivity index (χ2n) is 6.83. The van der Waals surface area contributed by atoms with Gasteiger partial charge in [0.15, 0.2) is 0 Å². The number of carbonyl (C=O) groups is 1.